The number of nitrogens with zero attached hydrogens (tertiary/aromatic N) is 1. The van der Waals surface area contributed by atoms with Crippen LogP contribution in [0.25, 0.3) is 0 Å². The van der Waals surface area contributed by atoms with E-state index in [1.54, 1.807) is 0 Å². The fourth-order valence-electron chi connectivity index (χ4n) is 2.24. The van der Waals surface area contributed by atoms with Crippen LogP contribution in [0.1, 0.15) is 10.4 Å². The first-order chi connectivity index (χ1) is 11.0. The molecule has 136 valence electrons. The third kappa shape index (κ3) is 4.58. The number of carbonyl (C=O) groups is 1. The first kappa shape index (κ1) is 20.7. The lowest BCUT2D eigenvalue weighted by Crippen LogP contribution is -2.40. The molecule has 0 unspecified atom stereocenters. The van der Waals surface area contributed by atoms with Crippen LogP contribution in [0.3, 0.4) is 0 Å². The fourth-order valence-corrected chi connectivity index (χ4v) is 3.68. The molecule has 1 aliphatic rings. The van der Waals surface area contributed by atoms with E-state index >= 15 is 0 Å². The van der Waals surface area contributed by atoms with Crippen LogP contribution in [-0.4, -0.2) is 65.1 Å². The van der Waals surface area contributed by atoms with E-state index in [0.29, 0.717) is 45.1 Å². The lowest BCUT2D eigenvalue weighted by atomic mass is 10.2. The second-order valence-electron chi connectivity index (χ2n) is 4.92. The minimum Gasteiger partial charge on any atom is -0.496 e. The van der Waals surface area contributed by atoms with Crippen LogP contribution in [0, 0.1) is 0 Å². The molecule has 0 radical (unpaired) electrons. The molecule has 3 N–H and O–H groups in total. The Labute approximate surface area is 147 Å². The van der Waals surface area contributed by atoms with Crippen LogP contribution >= 0.6 is 12.4 Å². The summed E-state index contributed by atoms with van der Waals surface area (Å²) in [6.45, 7) is 1.90. The summed E-state index contributed by atoms with van der Waals surface area (Å²) >= 11 is 0. The van der Waals surface area contributed by atoms with Gasteiger partial charge in [-0.05, 0) is 18.2 Å². The van der Waals surface area contributed by atoms with Crippen molar-refractivity contribution >= 4 is 28.3 Å². The van der Waals surface area contributed by atoms with Crippen molar-refractivity contribution in [1.82, 2.24) is 9.62 Å². The topological polar surface area (TPSA) is 111 Å². The molecule has 1 saturated heterocycles. The molecule has 10 heteroatoms. The van der Waals surface area contributed by atoms with E-state index in [-0.39, 0.29) is 22.9 Å². The zero-order valence-electron chi connectivity index (χ0n) is 13.4. The highest BCUT2D eigenvalue weighted by molar-refractivity contribution is 7.89. The fraction of sp³-hybridized carbons (Fsp3) is 0.500. The molecule has 0 aromatic heterocycles. The molecular formula is C14H22ClN3O5S. The number of halogens is 1. The molecule has 0 aliphatic carbocycles. The minimum absolute atomic E-state index is 0. The van der Waals surface area contributed by atoms with Crippen molar-refractivity contribution in [2.75, 3.05) is 46.5 Å². The first-order valence-corrected chi connectivity index (χ1v) is 8.69. The number of benzene rings is 1. The maximum absolute atomic E-state index is 12.7. The molecule has 1 fully saturated rings. The number of nitrogens with two attached hydrogens (primary N) is 1. The Hall–Kier alpha value is -1.39. The molecule has 2 rings (SSSR count). The monoisotopic (exact) mass is 379 g/mol. The van der Waals surface area contributed by atoms with Gasteiger partial charge in [0.15, 0.2) is 0 Å². The number of rotatable bonds is 6. The van der Waals surface area contributed by atoms with Crippen molar-refractivity contribution < 1.29 is 22.7 Å². The lowest BCUT2D eigenvalue weighted by molar-refractivity contribution is 0.0730. The van der Waals surface area contributed by atoms with Crippen LogP contribution in [-0.2, 0) is 14.8 Å². The molecule has 1 aromatic rings. The van der Waals surface area contributed by atoms with E-state index < -0.39 is 15.9 Å². The second-order valence-corrected chi connectivity index (χ2v) is 6.86. The van der Waals surface area contributed by atoms with Gasteiger partial charge in [0.25, 0.3) is 5.91 Å². The van der Waals surface area contributed by atoms with E-state index in [2.05, 4.69) is 5.32 Å². The van der Waals surface area contributed by atoms with Crippen LogP contribution in [0.5, 0.6) is 5.75 Å². The molecule has 1 aromatic carbocycles. The number of morpholine rings is 1. The Morgan fingerprint density at radius 3 is 2.62 bits per heavy atom. The Morgan fingerprint density at radius 1 is 1.38 bits per heavy atom. The van der Waals surface area contributed by atoms with Gasteiger partial charge < -0.3 is 20.5 Å². The van der Waals surface area contributed by atoms with Crippen molar-refractivity contribution in [3.05, 3.63) is 23.8 Å². The molecule has 8 nitrogen and oxygen atoms in total. The number of sulfonamides is 1. The third-order valence-electron chi connectivity index (χ3n) is 3.45. The highest BCUT2D eigenvalue weighted by atomic mass is 35.5. The maximum Gasteiger partial charge on any atom is 0.255 e. The predicted molar refractivity (Wildman–Crippen MR) is 91.2 cm³/mol. The van der Waals surface area contributed by atoms with Gasteiger partial charge in [0.05, 0.1) is 30.8 Å². The van der Waals surface area contributed by atoms with Gasteiger partial charge in [-0.15, -0.1) is 12.4 Å². The van der Waals surface area contributed by atoms with E-state index in [1.807, 2.05) is 0 Å². The zero-order valence-corrected chi connectivity index (χ0v) is 15.0. The molecule has 0 atom stereocenters. The van der Waals surface area contributed by atoms with E-state index in [9.17, 15) is 13.2 Å². The van der Waals surface area contributed by atoms with Crippen LogP contribution in [0.4, 0.5) is 0 Å². The average Bonchev–Trinajstić information content (AvgIpc) is 2.59. The molecule has 0 saturated carbocycles. The van der Waals surface area contributed by atoms with E-state index in [1.165, 1.54) is 29.6 Å². The minimum atomic E-state index is -3.67. The summed E-state index contributed by atoms with van der Waals surface area (Å²) in [4.78, 5) is 12.2. The van der Waals surface area contributed by atoms with Crippen molar-refractivity contribution in [2.24, 2.45) is 5.73 Å². The summed E-state index contributed by atoms with van der Waals surface area (Å²) in [6.07, 6.45) is 0. The quantitative estimate of drug-likeness (QED) is 0.709. The van der Waals surface area contributed by atoms with Gasteiger partial charge in [-0.25, -0.2) is 8.42 Å². The van der Waals surface area contributed by atoms with Gasteiger partial charge in [0.2, 0.25) is 10.0 Å². The van der Waals surface area contributed by atoms with Crippen LogP contribution in [0.2, 0.25) is 0 Å². The lowest BCUT2D eigenvalue weighted by Gasteiger charge is -2.26. The maximum atomic E-state index is 12.7. The summed E-state index contributed by atoms with van der Waals surface area (Å²) in [5.74, 6) is -0.119. The van der Waals surface area contributed by atoms with Crippen LogP contribution in [0.15, 0.2) is 23.1 Å². The molecule has 1 heterocycles. The van der Waals surface area contributed by atoms with Crippen molar-refractivity contribution in [3.63, 3.8) is 0 Å². The number of methoxy groups -OCH3 is 1. The number of hydrogen-bond acceptors (Lipinski definition) is 6. The first-order valence-electron chi connectivity index (χ1n) is 7.25. The normalized spacial score (nSPS) is 15.4. The Morgan fingerprint density at radius 2 is 2.04 bits per heavy atom. The number of amides is 1. The summed E-state index contributed by atoms with van der Waals surface area (Å²) in [5.41, 5.74) is 5.52. The van der Waals surface area contributed by atoms with Gasteiger partial charge in [-0.2, -0.15) is 4.31 Å². The smallest absolute Gasteiger partial charge is 0.255 e. The Balaban J connectivity index is 0.00000288. The highest BCUT2D eigenvalue weighted by Crippen LogP contribution is 2.25. The summed E-state index contributed by atoms with van der Waals surface area (Å²) < 4.78 is 37.0. The predicted octanol–water partition coefficient (Wildman–Crippen LogP) is -0.174. The SMILES string of the molecule is COc1ccc(S(=O)(=O)N2CCOCC2)cc1C(=O)NCCN.Cl. The molecule has 1 aliphatic heterocycles. The molecule has 1 amide bonds. The van der Waals surface area contributed by atoms with Gasteiger partial charge in [0, 0.05) is 26.2 Å². The molecule has 0 spiro atoms. The van der Waals surface area contributed by atoms with Gasteiger partial charge in [0.1, 0.15) is 5.75 Å². The number of nitrogens with one attached hydrogen (secondary N) is 1. The summed E-state index contributed by atoms with van der Waals surface area (Å²) in [5, 5.41) is 2.61. The van der Waals surface area contributed by atoms with Crippen molar-refractivity contribution in [3.8, 4) is 5.75 Å². The zero-order chi connectivity index (χ0) is 16.9. The van der Waals surface area contributed by atoms with E-state index in [4.69, 9.17) is 15.2 Å². The number of hydrogen-bond donors (Lipinski definition) is 2. The average molecular weight is 380 g/mol. The molecular weight excluding hydrogens is 358 g/mol. The molecule has 24 heavy (non-hydrogen) atoms. The van der Waals surface area contributed by atoms with Crippen LogP contribution < -0.4 is 15.8 Å². The summed E-state index contributed by atoms with van der Waals surface area (Å²) in [7, 11) is -2.25. The highest BCUT2D eigenvalue weighted by Gasteiger charge is 2.27. The van der Waals surface area contributed by atoms with E-state index in [0.717, 1.165) is 0 Å². The van der Waals surface area contributed by atoms with Gasteiger partial charge in [-0.1, -0.05) is 0 Å². The standard InChI is InChI=1S/C14H21N3O5S.ClH/c1-21-13-3-2-11(10-12(13)14(18)16-5-4-15)23(19,20)17-6-8-22-9-7-17;/h2-3,10H,4-9,15H2,1H3,(H,16,18);1H. The number of carbonyl (C=O) groups excluding carboxylic acids is 1. The largest absolute Gasteiger partial charge is 0.496 e. The second kappa shape index (κ2) is 9.19. The Kier molecular flexibility index (Phi) is 7.91. The van der Waals surface area contributed by atoms with Crippen molar-refractivity contribution in [1.29, 1.82) is 0 Å². The third-order valence-corrected chi connectivity index (χ3v) is 5.35. The number of ether oxygens (including phenoxy) is 2. The van der Waals surface area contributed by atoms with Gasteiger partial charge >= 0.3 is 0 Å². The molecule has 0 bridgehead atoms. The summed E-state index contributed by atoms with van der Waals surface area (Å²) in [6, 6.07) is 4.24. The van der Waals surface area contributed by atoms with Crippen molar-refractivity contribution in [2.45, 2.75) is 4.90 Å². The van der Waals surface area contributed by atoms with Gasteiger partial charge in [-0.3, -0.25) is 4.79 Å². The Bertz CT molecular complexity index is 662.